The highest BCUT2D eigenvalue weighted by molar-refractivity contribution is 6.00. The number of anilines is 1. The Morgan fingerprint density at radius 2 is 1.96 bits per heavy atom. The first-order valence-corrected chi connectivity index (χ1v) is 8.61. The van der Waals surface area contributed by atoms with E-state index in [1.807, 2.05) is 0 Å². The fraction of sp³-hybridized carbons (Fsp3) is 0.556. The number of amides is 2. The fourth-order valence-corrected chi connectivity index (χ4v) is 2.95. The molecule has 1 fully saturated rings. The Kier molecular flexibility index (Phi) is 6.73. The van der Waals surface area contributed by atoms with Crippen LogP contribution in [0.5, 0.6) is 0 Å². The smallest absolute Gasteiger partial charge is 0.227 e. The van der Waals surface area contributed by atoms with Gasteiger partial charge in [0.1, 0.15) is 5.82 Å². The van der Waals surface area contributed by atoms with Gasteiger partial charge in [-0.1, -0.05) is 13.8 Å². The van der Waals surface area contributed by atoms with Gasteiger partial charge >= 0.3 is 0 Å². The minimum atomic E-state index is -0.340. The molecule has 1 unspecified atom stereocenters. The maximum Gasteiger partial charge on any atom is 0.227 e. The van der Waals surface area contributed by atoms with Crippen molar-refractivity contribution in [3.63, 3.8) is 0 Å². The molecule has 0 saturated carbocycles. The van der Waals surface area contributed by atoms with Crippen LogP contribution >= 0.6 is 0 Å². The van der Waals surface area contributed by atoms with Crippen molar-refractivity contribution in [2.45, 2.75) is 26.7 Å². The van der Waals surface area contributed by atoms with Crippen LogP contribution in [0, 0.1) is 11.7 Å². The van der Waals surface area contributed by atoms with Gasteiger partial charge in [-0.25, -0.2) is 4.39 Å². The van der Waals surface area contributed by atoms with Crippen LogP contribution in [-0.2, 0) is 9.59 Å². The molecule has 1 aliphatic heterocycles. The van der Waals surface area contributed by atoms with Crippen LogP contribution in [-0.4, -0.2) is 49.4 Å². The summed E-state index contributed by atoms with van der Waals surface area (Å²) in [6.07, 6.45) is 1.11. The van der Waals surface area contributed by atoms with Crippen LogP contribution in [0.1, 0.15) is 26.7 Å². The van der Waals surface area contributed by atoms with Crippen molar-refractivity contribution >= 4 is 17.5 Å². The van der Waals surface area contributed by atoms with E-state index < -0.39 is 0 Å². The summed E-state index contributed by atoms with van der Waals surface area (Å²) < 4.78 is 13.0. The largest absolute Gasteiger partial charge is 0.356 e. The number of hydrogen-bond donors (Lipinski definition) is 1. The molecule has 1 heterocycles. The Balaban J connectivity index is 1.80. The van der Waals surface area contributed by atoms with Gasteiger partial charge in [0, 0.05) is 25.2 Å². The van der Waals surface area contributed by atoms with Crippen LogP contribution in [0.3, 0.4) is 0 Å². The highest BCUT2D eigenvalue weighted by Crippen LogP contribution is 2.25. The van der Waals surface area contributed by atoms with Crippen molar-refractivity contribution in [3.05, 3.63) is 30.1 Å². The summed E-state index contributed by atoms with van der Waals surface area (Å²) in [5.41, 5.74) is 0.637. The van der Waals surface area contributed by atoms with Crippen LogP contribution < -0.4 is 10.2 Å². The van der Waals surface area contributed by atoms with Crippen molar-refractivity contribution in [1.29, 1.82) is 0 Å². The first-order valence-electron chi connectivity index (χ1n) is 8.61. The summed E-state index contributed by atoms with van der Waals surface area (Å²) in [6.45, 7) is 8.19. The average Bonchev–Trinajstić information content (AvgIpc) is 2.97. The normalized spacial score (nSPS) is 17.6. The standard InChI is InChI=1S/C18H26FN3O2/c1-3-21(4-2)11-5-10-20-18(24)14-12-17(23)22(13-14)16-8-6-15(19)7-9-16/h6-9,14H,3-5,10-13H2,1-2H3,(H,20,24). The number of nitrogens with one attached hydrogen (secondary N) is 1. The number of benzene rings is 1. The predicted octanol–water partition coefficient (Wildman–Crippen LogP) is 2.03. The summed E-state index contributed by atoms with van der Waals surface area (Å²) in [5, 5.41) is 2.93. The molecule has 6 heteroatoms. The minimum Gasteiger partial charge on any atom is -0.356 e. The van der Waals surface area contributed by atoms with Gasteiger partial charge in [0.15, 0.2) is 0 Å². The fourth-order valence-electron chi connectivity index (χ4n) is 2.95. The number of nitrogens with zero attached hydrogens (tertiary/aromatic N) is 2. The molecular formula is C18H26FN3O2. The monoisotopic (exact) mass is 335 g/mol. The second kappa shape index (κ2) is 8.78. The summed E-state index contributed by atoms with van der Waals surface area (Å²) in [5.74, 6) is -0.846. The third-order valence-corrected chi connectivity index (χ3v) is 4.48. The maximum atomic E-state index is 13.0. The van der Waals surface area contributed by atoms with Gasteiger partial charge in [0.05, 0.1) is 5.92 Å². The second-order valence-corrected chi connectivity index (χ2v) is 6.05. The molecule has 2 amide bonds. The first-order chi connectivity index (χ1) is 11.5. The summed E-state index contributed by atoms with van der Waals surface area (Å²) >= 11 is 0. The number of carbonyl (C=O) groups is 2. The Morgan fingerprint density at radius 1 is 1.29 bits per heavy atom. The van der Waals surface area contributed by atoms with Crippen molar-refractivity contribution < 1.29 is 14.0 Å². The van der Waals surface area contributed by atoms with E-state index in [1.54, 1.807) is 17.0 Å². The maximum absolute atomic E-state index is 13.0. The van der Waals surface area contributed by atoms with E-state index in [9.17, 15) is 14.0 Å². The first kappa shape index (κ1) is 18.4. The van der Waals surface area contributed by atoms with Crippen molar-refractivity contribution in [1.82, 2.24) is 10.2 Å². The summed E-state index contributed by atoms with van der Waals surface area (Å²) in [4.78, 5) is 28.2. The molecule has 1 aromatic rings. The molecule has 0 aliphatic carbocycles. The average molecular weight is 335 g/mol. The van der Waals surface area contributed by atoms with Crippen molar-refractivity contribution in [2.75, 3.05) is 37.6 Å². The molecule has 24 heavy (non-hydrogen) atoms. The molecule has 0 spiro atoms. The zero-order valence-electron chi connectivity index (χ0n) is 14.4. The molecule has 0 aromatic heterocycles. The van der Waals surface area contributed by atoms with Crippen LogP contribution in [0.25, 0.3) is 0 Å². The Bertz CT molecular complexity index is 558. The third kappa shape index (κ3) is 4.77. The van der Waals surface area contributed by atoms with Gasteiger partial charge in [-0.05, 0) is 50.3 Å². The molecule has 5 nitrogen and oxygen atoms in total. The highest BCUT2D eigenvalue weighted by Gasteiger charge is 2.34. The molecule has 2 rings (SSSR count). The molecule has 1 atom stereocenters. The second-order valence-electron chi connectivity index (χ2n) is 6.05. The van der Waals surface area contributed by atoms with Gasteiger partial charge < -0.3 is 15.1 Å². The Labute approximate surface area is 142 Å². The lowest BCUT2D eigenvalue weighted by Crippen LogP contribution is -2.35. The van der Waals surface area contributed by atoms with Crippen LogP contribution in [0.15, 0.2) is 24.3 Å². The lowest BCUT2D eigenvalue weighted by molar-refractivity contribution is -0.126. The van der Waals surface area contributed by atoms with Gasteiger partial charge in [-0.15, -0.1) is 0 Å². The zero-order valence-corrected chi connectivity index (χ0v) is 14.4. The molecule has 0 bridgehead atoms. The van der Waals surface area contributed by atoms with E-state index in [4.69, 9.17) is 0 Å². The number of hydrogen-bond acceptors (Lipinski definition) is 3. The SMILES string of the molecule is CCN(CC)CCCNC(=O)C1CC(=O)N(c2ccc(F)cc2)C1. The van der Waals surface area contributed by atoms with E-state index >= 15 is 0 Å². The van der Waals surface area contributed by atoms with Gasteiger partial charge in [-0.3, -0.25) is 9.59 Å². The number of rotatable bonds is 8. The van der Waals surface area contributed by atoms with E-state index in [1.165, 1.54) is 12.1 Å². The topological polar surface area (TPSA) is 52.7 Å². The zero-order chi connectivity index (χ0) is 17.5. The Hall–Kier alpha value is -1.95. The van der Waals surface area contributed by atoms with E-state index in [0.717, 1.165) is 26.1 Å². The molecule has 1 aromatic carbocycles. The van der Waals surface area contributed by atoms with Gasteiger partial charge in [0.25, 0.3) is 0 Å². The summed E-state index contributed by atoms with van der Waals surface area (Å²) in [7, 11) is 0. The lowest BCUT2D eigenvalue weighted by Gasteiger charge is -2.18. The quantitative estimate of drug-likeness (QED) is 0.740. The Morgan fingerprint density at radius 3 is 2.58 bits per heavy atom. The van der Waals surface area contributed by atoms with Crippen LogP contribution in [0.4, 0.5) is 10.1 Å². The van der Waals surface area contributed by atoms with Crippen LogP contribution in [0.2, 0.25) is 0 Å². The molecule has 1 N–H and O–H groups in total. The minimum absolute atomic E-state index is 0.0764. The molecule has 0 radical (unpaired) electrons. The molecule has 1 saturated heterocycles. The van der Waals surface area contributed by atoms with Crippen molar-refractivity contribution in [3.8, 4) is 0 Å². The summed E-state index contributed by atoms with van der Waals surface area (Å²) in [6, 6.07) is 5.78. The predicted molar refractivity (Wildman–Crippen MR) is 92.3 cm³/mol. The van der Waals surface area contributed by atoms with E-state index in [2.05, 4.69) is 24.1 Å². The lowest BCUT2D eigenvalue weighted by atomic mass is 10.1. The number of halogens is 1. The molecule has 132 valence electrons. The van der Waals surface area contributed by atoms with E-state index in [-0.39, 0.29) is 30.0 Å². The van der Waals surface area contributed by atoms with E-state index in [0.29, 0.717) is 18.8 Å². The highest BCUT2D eigenvalue weighted by atomic mass is 19.1. The van der Waals surface area contributed by atoms with Crippen molar-refractivity contribution in [2.24, 2.45) is 5.92 Å². The van der Waals surface area contributed by atoms with Gasteiger partial charge in [0.2, 0.25) is 11.8 Å². The molecular weight excluding hydrogens is 309 g/mol. The third-order valence-electron chi connectivity index (χ3n) is 4.48. The van der Waals surface area contributed by atoms with Gasteiger partial charge in [-0.2, -0.15) is 0 Å². The molecule has 1 aliphatic rings. The number of carbonyl (C=O) groups excluding carboxylic acids is 2.